The van der Waals surface area contributed by atoms with Gasteiger partial charge in [0.15, 0.2) is 9.84 Å². The van der Waals surface area contributed by atoms with Gasteiger partial charge >= 0.3 is 0 Å². The average Bonchev–Trinajstić information content (AvgIpc) is 2.89. The Hall–Kier alpha value is -1.86. The van der Waals surface area contributed by atoms with Crippen LogP contribution in [0.5, 0.6) is 0 Å². The molecular weight excluding hydrogens is 358 g/mol. The molecule has 2 aromatic carbocycles. The molecule has 0 radical (unpaired) electrons. The first kappa shape index (κ1) is 17.9. The molecule has 1 atom stereocenters. The van der Waals surface area contributed by atoms with E-state index < -0.39 is 25.9 Å². The van der Waals surface area contributed by atoms with Gasteiger partial charge in [-0.1, -0.05) is 35.4 Å². The van der Waals surface area contributed by atoms with Crippen LogP contribution in [0.3, 0.4) is 0 Å². The Bertz CT molecular complexity index is 963. The number of anilines is 1. The molecule has 0 bridgehead atoms. The third-order valence-electron chi connectivity index (χ3n) is 4.41. The molecule has 5 nitrogen and oxygen atoms in total. The van der Waals surface area contributed by atoms with Crippen LogP contribution in [0.4, 0.5) is 5.69 Å². The molecule has 3 rings (SSSR count). The monoisotopic (exact) mass is 379 g/mol. The van der Waals surface area contributed by atoms with Crippen LogP contribution in [0.15, 0.2) is 53.4 Å². The fraction of sp³-hybridized carbons (Fsp3) is 0.333. The minimum atomic E-state index is -3.85. The predicted molar refractivity (Wildman–Crippen MR) is 99.1 cm³/mol. The second-order valence-corrected chi connectivity index (χ2v) is 10.5. The van der Waals surface area contributed by atoms with Crippen molar-refractivity contribution in [3.05, 3.63) is 59.7 Å². The number of aryl methyl sites for hydroxylation is 2. The number of sulfonamides is 1. The minimum Gasteiger partial charge on any atom is -0.262 e. The van der Waals surface area contributed by atoms with Crippen LogP contribution in [0, 0.1) is 13.8 Å². The van der Waals surface area contributed by atoms with Gasteiger partial charge in [-0.25, -0.2) is 16.8 Å². The summed E-state index contributed by atoms with van der Waals surface area (Å²) in [5, 5.41) is 0. The summed E-state index contributed by atoms with van der Waals surface area (Å²) in [4.78, 5) is 0.169. The van der Waals surface area contributed by atoms with Gasteiger partial charge in [0.25, 0.3) is 10.0 Å². The predicted octanol–water partition coefficient (Wildman–Crippen LogP) is 2.69. The number of rotatable bonds is 4. The van der Waals surface area contributed by atoms with Crippen LogP contribution in [-0.2, 0) is 19.9 Å². The lowest BCUT2D eigenvalue weighted by atomic mass is 10.2. The molecule has 1 aliphatic heterocycles. The summed E-state index contributed by atoms with van der Waals surface area (Å²) in [5.41, 5.74) is 2.47. The molecule has 2 aromatic rings. The quantitative estimate of drug-likeness (QED) is 0.819. The van der Waals surface area contributed by atoms with Gasteiger partial charge in [-0.15, -0.1) is 0 Å². The fourth-order valence-electron chi connectivity index (χ4n) is 3.02. The van der Waals surface area contributed by atoms with Crippen molar-refractivity contribution in [1.29, 1.82) is 0 Å². The number of nitrogens with zero attached hydrogens (tertiary/aromatic N) is 1. The zero-order chi connectivity index (χ0) is 18.2. The summed E-state index contributed by atoms with van der Waals surface area (Å²) in [6, 6.07) is 13.1. The van der Waals surface area contributed by atoms with Crippen molar-refractivity contribution in [2.24, 2.45) is 0 Å². The van der Waals surface area contributed by atoms with Crippen molar-refractivity contribution in [1.82, 2.24) is 0 Å². The fourth-order valence-corrected chi connectivity index (χ4v) is 6.49. The smallest absolute Gasteiger partial charge is 0.262 e. The van der Waals surface area contributed by atoms with Crippen molar-refractivity contribution < 1.29 is 16.8 Å². The minimum absolute atomic E-state index is 0.0173. The molecule has 7 heteroatoms. The van der Waals surface area contributed by atoms with Gasteiger partial charge in [0.1, 0.15) is 0 Å². The van der Waals surface area contributed by atoms with E-state index in [1.54, 1.807) is 36.4 Å². The Morgan fingerprint density at radius 1 is 0.920 bits per heavy atom. The van der Waals surface area contributed by atoms with Gasteiger partial charge in [0.2, 0.25) is 0 Å². The average molecular weight is 380 g/mol. The third-order valence-corrected chi connectivity index (χ3v) is 8.05. The maximum absolute atomic E-state index is 13.3. The zero-order valence-electron chi connectivity index (χ0n) is 14.2. The topological polar surface area (TPSA) is 71.5 Å². The Labute approximate surface area is 149 Å². The summed E-state index contributed by atoms with van der Waals surface area (Å²) < 4.78 is 51.6. The Morgan fingerprint density at radius 2 is 1.44 bits per heavy atom. The zero-order valence-corrected chi connectivity index (χ0v) is 15.8. The highest BCUT2D eigenvalue weighted by atomic mass is 32.2. The van der Waals surface area contributed by atoms with Crippen molar-refractivity contribution >= 4 is 25.5 Å². The molecule has 0 amide bonds. The Kier molecular flexibility index (Phi) is 4.64. The van der Waals surface area contributed by atoms with Crippen molar-refractivity contribution in [3.8, 4) is 0 Å². The Morgan fingerprint density at radius 3 is 1.92 bits per heavy atom. The lowest BCUT2D eigenvalue weighted by molar-refractivity contribution is 0.580. The molecule has 1 fully saturated rings. The van der Waals surface area contributed by atoms with Crippen LogP contribution in [0.2, 0.25) is 0 Å². The molecule has 0 N–H and O–H groups in total. The van der Waals surface area contributed by atoms with Crippen LogP contribution in [0.25, 0.3) is 0 Å². The van der Waals surface area contributed by atoms with Crippen LogP contribution >= 0.6 is 0 Å². The summed E-state index contributed by atoms with van der Waals surface area (Å²) in [6.07, 6.45) is 0.307. The van der Waals surface area contributed by atoms with Gasteiger partial charge in [-0.2, -0.15) is 0 Å². The van der Waals surface area contributed by atoms with E-state index >= 15 is 0 Å². The largest absolute Gasteiger partial charge is 0.264 e. The second-order valence-electron chi connectivity index (χ2n) is 6.51. The maximum atomic E-state index is 13.3. The van der Waals surface area contributed by atoms with Crippen molar-refractivity contribution in [2.45, 2.75) is 31.2 Å². The molecule has 134 valence electrons. The van der Waals surface area contributed by atoms with E-state index in [0.717, 1.165) is 11.1 Å². The highest BCUT2D eigenvalue weighted by Crippen LogP contribution is 2.31. The summed E-state index contributed by atoms with van der Waals surface area (Å²) in [7, 11) is -7.06. The van der Waals surface area contributed by atoms with Gasteiger partial charge < -0.3 is 0 Å². The van der Waals surface area contributed by atoms with E-state index in [-0.39, 0.29) is 16.4 Å². The number of sulfone groups is 1. The van der Waals surface area contributed by atoms with Gasteiger partial charge in [-0.3, -0.25) is 4.31 Å². The Balaban J connectivity index is 2.10. The summed E-state index contributed by atoms with van der Waals surface area (Å²) in [5.74, 6) is -0.130. The van der Waals surface area contributed by atoms with Crippen molar-refractivity contribution in [3.63, 3.8) is 0 Å². The number of benzene rings is 2. The van der Waals surface area contributed by atoms with E-state index in [1.807, 2.05) is 26.0 Å². The van der Waals surface area contributed by atoms with E-state index in [4.69, 9.17) is 0 Å². The third kappa shape index (κ3) is 3.72. The first-order valence-electron chi connectivity index (χ1n) is 8.07. The highest BCUT2D eigenvalue weighted by molar-refractivity contribution is 7.93. The summed E-state index contributed by atoms with van der Waals surface area (Å²) in [6.45, 7) is 3.81. The molecular formula is C18H21NO4S2. The molecule has 0 saturated carbocycles. The van der Waals surface area contributed by atoms with Gasteiger partial charge in [0, 0.05) is 0 Å². The molecule has 1 saturated heterocycles. The maximum Gasteiger partial charge on any atom is 0.264 e. The van der Waals surface area contributed by atoms with E-state index in [1.165, 1.54) is 4.31 Å². The lowest BCUT2D eigenvalue weighted by Gasteiger charge is -2.29. The molecule has 1 heterocycles. The lowest BCUT2D eigenvalue weighted by Crippen LogP contribution is -2.41. The molecule has 0 aliphatic carbocycles. The standard InChI is InChI=1S/C18H21NO4S2/c1-14-3-7-16(8-4-14)19(17-11-12-24(20,21)13-17)25(22,23)18-9-5-15(2)6-10-18/h3-10,17H,11-13H2,1-2H3. The second kappa shape index (κ2) is 6.46. The van der Waals surface area contributed by atoms with E-state index in [0.29, 0.717) is 12.1 Å². The number of hydrogen-bond acceptors (Lipinski definition) is 4. The molecule has 25 heavy (non-hydrogen) atoms. The molecule has 0 spiro atoms. The first-order chi connectivity index (χ1) is 11.7. The normalized spacial score (nSPS) is 19.7. The number of hydrogen-bond donors (Lipinski definition) is 0. The molecule has 1 unspecified atom stereocenters. The SMILES string of the molecule is Cc1ccc(N(C2CCS(=O)(=O)C2)S(=O)(=O)c2ccc(C)cc2)cc1. The van der Waals surface area contributed by atoms with Gasteiger partial charge in [-0.05, 0) is 44.5 Å². The van der Waals surface area contributed by atoms with Crippen LogP contribution in [-0.4, -0.2) is 34.4 Å². The summed E-state index contributed by atoms with van der Waals surface area (Å²) >= 11 is 0. The van der Waals surface area contributed by atoms with Crippen molar-refractivity contribution in [2.75, 3.05) is 15.8 Å². The van der Waals surface area contributed by atoms with Crippen LogP contribution in [0.1, 0.15) is 17.5 Å². The van der Waals surface area contributed by atoms with E-state index in [2.05, 4.69) is 0 Å². The van der Waals surface area contributed by atoms with E-state index in [9.17, 15) is 16.8 Å². The first-order valence-corrected chi connectivity index (χ1v) is 11.3. The molecule has 1 aliphatic rings. The van der Waals surface area contributed by atoms with Crippen LogP contribution < -0.4 is 4.31 Å². The molecule has 0 aromatic heterocycles. The van der Waals surface area contributed by atoms with Gasteiger partial charge in [0.05, 0.1) is 28.1 Å². The highest BCUT2D eigenvalue weighted by Gasteiger charge is 2.39.